The van der Waals surface area contributed by atoms with Crippen LogP contribution in [-0.4, -0.2) is 30.6 Å². The van der Waals surface area contributed by atoms with Crippen LogP contribution in [0.4, 0.5) is 0 Å². The third-order valence-corrected chi connectivity index (χ3v) is 5.97. The van der Waals surface area contributed by atoms with E-state index < -0.39 is 0 Å². The van der Waals surface area contributed by atoms with E-state index in [0.29, 0.717) is 6.04 Å². The van der Waals surface area contributed by atoms with Crippen molar-refractivity contribution in [2.24, 2.45) is 0 Å². The Morgan fingerprint density at radius 2 is 2.37 bits per heavy atom. The van der Waals surface area contributed by atoms with Crippen LogP contribution in [0.25, 0.3) is 0 Å². The monoisotopic (exact) mass is 364 g/mol. The molecule has 1 N–H and O–H groups in total. The zero-order chi connectivity index (χ0) is 13.7. The summed E-state index contributed by atoms with van der Waals surface area (Å²) in [6.45, 7) is 6.76. The first-order valence-electron chi connectivity index (χ1n) is 7.08. The molecule has 0 radical (unpaired) electrons. The number of nitrogens with one attached hydrogen (secondary N) is 1. The van der Waals surface area contributed by atoms with Crippen LogP contribution >= 0.6 is 38.9 Å². The summed E-state index contributed by atoms with van der Waals surface area (Å²) >= 11 is 11.3. The third kappa shape index (κ3) is 5.01. The SMILES string of the molecule is CCCN(Cc1cc(Br)c(Cl)s1)CC1CCCCN1. The molecule has 0 bridgehead atoms. The lowest BCUT2D eigenvalue weighted by Crippen LogP contribution is -2.43. The van der Waals surface area contributed by atoms with E-state index in [1.807, 2.05) is 0 Å². The Labute approximate surface area is 133 Å². The van der Waals surface area contributed by atoms with E-state index in [9.17, 15) is 0 Å². The zero-order valence-electron chi connectivity index (χ0n) is 11.4. The van der Waals surface area contributed by atoms with Crippen molar-refractivity contribution < 1.29 is 0 Å². The highest BCUT2D eigenvalue weighted by Crippen LogP contribution is 2.32. The fourth-order valence-corrected chi connectivity index (χ4v) is 4.47. The second-order valence-electron chi connectivity index (χ2n) is 5.22. The van der Waals surface area contributed by atoms with Gasteiger partial charge in [-0.2, -0.15) is 0 Å². The van der Waals surface area contributed by atoms with Crippen molar-refractivity contribution in [2.75, 3.05) is 19.6 Å². The van der Waals surface area contributed by atoms with Gasteiger partial charge in [-0.1, -0.05) is 24.9 Å². The Morgan fingerprint density at radius 3 is 2.95 bits per heavy atom. The smallest absolute Gasteiger partial charge is 0.107 e. The topological polar surface area (TPSA) is 15.3 Å². The van der Waals surface area contributed by atoms with Gasteiger partial charge in [0.1, 0.15) is 4.34 Å². The van der Waals surface area contributed by atoms with Crippen LogP contribution in [0.2, 0.25) is 4.34 Å². The number of hydrogen-bond donors (Lipinski definition) is 1. The first-order chi connectivity index (χ1) is 9.19. The summed E-state index contributed by atoms with van der Waals surface area (Å²) in [6, 6.07) is 2.82. The average molecular weight is 366 g/mol. The lowest BCUT2D eigenvalue weighted by Gasteiger charge is -2.30. The predicted molar refractivity (Wildman–Crippen MR) is 88.2 cm³/mol. The van der Waals surface area contributed by atoms with Gasteiger partial charge >= 0.3 is 0 Å². The molecule has 1 saturated heterocycles. The molecule has 1 aliphatic rings. The summed E-state index contributed by atoms with van der Waals surface area (Å²) < 4.78 is 1.89. The summed E-state index contributed by atoms with van der Waals surface area (Å²) in [5, 5.41) is 3.64. The molecule has 1 aliphatic heterocycles. The molecule has 0 aromatic carbocycles. The summed E-state index contributed by atoms with van der Waals surface area (Å²) in [4.78, 5) is 3.90. The first kappa shape index (κ1) is 15.8. The summed E-state index contributed by atoms with van der Waals surface area (Å²) in [6.07, 6.45) is 5.22. The largest absolute Gasteiger partial charge is 0.313 e. The van der Waals surface area contributed by atoms with Gasteiger partial charge < -0.3 is 5.32 Å². The van der Waals surface area contributed by atoms with Crippen LogP contribution < -0.4 is 5.32 Å². The van der Waals surface area contributed by atoms with Crippen molar-refractivity contribution in [3.8, 4) is 0 Å². The molecule has 0 amide bonds. The molecule has 108 valence electrons. The van der Waals surface area contributed by atoms with Gasteiger partial charge in [0.05, 0.1) is 0 Å². The van der Waals surface area contributed by atoms with E-state index >= 15 is 0 Å². The second-order valence-corrected chi connectivity index (χ2v) is 7.81. The molecule has 0 spiro atoms. The highest BCUT2D eigenvalue weighted by Gasteiger charge is 2.17. The van der Waals surface area contributed by atoms with Gasteiger partial charge in [0.2, 0.25) is 0 Å². The fraction of sp³-hybridized carbons (Fsp3) is 0.714. The number of thiophene rings is 1. The van der Waals surface area contributed by atoms with Crippen molar-refractivity contribution in [3.63, 3.8) is 0 Å². The molecule has 2 heterocycles. The molecule has 1 unspecified atom stereocenters. The van der Waals surface area contributed by atoms with Gasteiger partial charge in [0.15, 0.2) is 0 Å². The number of piperidine rings is 1. The van der Waals surface area contributed by atoms with Crippen LogP contribution in [0.3, 0.4) is 0 Å². The Balaban J connectivity index is 1.91. The number of nitrogens with zero attached hydrogens (tertiary/aromatic N) is 1. The average Bonchev–Trinajstić information content (AvgIpc) is 2.70. The van der Waals surface area contributed by atoms with Gasteiger partial charge in [0, 0.05) is 28.5 Å². The molecule has 2 rings (SSSR count). The Bertz CT molecular complexity index is 371. The van der Waals surface area contributed by atoms with Crippen molar-refractivity contribution in [1.82, 2.24) is 10.2 Å². The highest BCUT2D eigenvalue weighted by molar-refractivity contribution is 9.10. The standard InChI is InChI=1S/C14H22BrClN2S/c1-2-7-18(9-11-5-3-4-6-17-11)10-12-8-13(15)14(16)19-12/h8,11,17H,2-7,9-10H2,1H3. The minimum Gasteiger partial charge on any atom is -0.313 e. The number of rotatable bonds is 6. The number of halogens is 2. The molecule has 1 aromatic heterocycles. The molecular formula is C14H22BrClN2S. The van der Waals surface area contributed by atoms with Crippen LogP contribution in [0.1, 0.15) is 37.5 Å². The van der Waals surface area contributed by atoms with Crippen LogP contribution in [-0.2, 0) is 6.54 Å². The van der Waals surface area contributed by atoms with Gasteiger partial charge in [-0.3, -0.25) is 4.90 Å². The second kappa shape index (κ2) is 7.99. The van der Waals surface area contributed by atoms with Gasteiger partial charge in [0.25, 0.3) is 0 Å². The molecule has 2 nitrogen and oxygen atoms in total. The minimum atomic E-state index is 0.666. The van der Waals surface area contributed by atoms with Crippen molar-refractivity contribution >= 4 is 38.9 Å². The molecule has 1 fully saturated rings. The molecule has 0 saturated carbocycles. The fourth-order valence-electron chi connectivity index (χ4n) is 2.63. The lowest BCUT2D eigenvalue weighted by molar-refractivity contribution is 0.219. The van der Waals surface area contributed by atoms with Crippen LogP contribution in [0.5, 0.6) is 0 Å². The third-order valence-electron chi connectivity index (χ3n) is 3.51. The van der Waals surface area contributed by atoms with Gasteiger partial charge in [-0.25, -0.2) is 0 Å². The van der Waals surface area contributed by atoms with E-state index in [-0.39, 0.29) is 0 Å². The maximum Gasteiger partial charge on any atom is 0.107 e. The first-order valence-corrected chi connectivity index (χ1v) is 9.07. The minimum absolute atomic E-state index is 0.666. The zero-order valence-corrected chi connectivity index (χ0v) is 14.6. The van der Waals surface area contributed by atoms with Gasteiger partial charge in [-0.05, 0) is 54.3 Å². The lowest BCUT2D eigenvalue weighted by atomic mass is 10.0. The van der Waals surface area contributed by atoms with E-state index in [2.05, 4.69) is 39.1 Å². The number of hydrogen-bond acceptors (Lipinski definition) is 3. The van der Waals surface area contributed by atoms with Crippen molar-refractivity contribution in [2.45, 2.75) is 45.2 Å². The van der Waals surface area contributed by atoms with E-state index in [0.717, 1.165) is 28.4 Å². The van der Waals surface area contributed by atoms with E-state index in [1.54, 1.807) is 11.3 Å². The Morgan fingerprint density at radius 1 is 1.53 bits per heavy atom. The maximum absolute atomic E-state index is 6.12. The normalized spacial score (nSPS) is 20.1. The highest BCUT2D eigenvalue weighted by atomic mass is 79.9. The van der Waals surface area contributed by atoms with Crippen LogP contribution in [0, 0.1) is 0 Å². The molecule has 1 aromatic rings. The Kier molecular flexibility index (Phi) is 6.63. The Hall–Kier alpha value is 0.390. The van der Waals surface area contributed by atoms with E-state index in [1.165, 1.54) is 37.1 Å². The molecular weight excluding hydrogens is 344 g/mol. The summed E-state index contributed by atoms with van der Waals surface area (Å²) in [5.74, 6) is 0. The van der Waals surface area contributed by atoms with Gasteiger partial charge in [-0.15, -0.1) is 11.3 Å². The molecule has 19 heavy (non-hydrogen) atoms. The summed E-state index contributed by atoms with van der Waals surface area (Å²) in [7, 11) is 0. The maximum atomic E-state index is 6.12. The molecule has 0 aliphatic carbocycles. The molecule has 5 heteroatoms. The van der Waals surface area contributed by atoms with E-state index in [4.69, 9.17) is 11.6 Å². The summed E-state index contributed by atoms with van der Waals surface area (Å²) in [5.41, 5.74) is 0. The molecule has 1 atom stereocenters. The van der Waals surface area contributed by atoms with Crippen molar-refractivity contribution in [3.05, 3.63) is 19.8 Å². The van der Waals surface area contributed by atoms with Crippen LogP contribution in [0.15, 0.2) is 10.5 Å². The van der Waals surface area contributed by atoms with Crippen molar-refractivity contribution in [1.29, 1.82) is 0 Å². The quantitative estimate of drug-likeness (QED) is 0.797. The predicted octanol–water partition coefficient (Wildman–Crippen LogP) is 4.52.